The Bertz CT molecular complexity index is 347. The quantitative estimate of drug-likeness (QED) is 0.821. The van der Waals surface area contributed by atoms with Gasteiger partial charge < -0.3 is 10.6 Å². The zero-order valence-corrected chi connectivity index (χ0v) is 11.9. The minimum absolute atomic E-state index is 0.150. The van der Waals surface area contributed by atoms with Gasteiger partial charge in [-0.3, -0.25) is 0 Å². The number of hydrogen-bond acceptors (Lipinski definition) is 2. The largest absolute Gasteiger partial charge is 0.335 e. The van der Waals surface area contributed by atoms with Gasteiger partial charge in [-0.1, -0.05) is 26.2 Å². The fourth-order valence-electron chi connectivity index (χ4n) is 3.35. The summed E-state index contributed by atoms with van der Waals surface area (Å²) >= 11 is 0. The first-order valence-electron chi connectivity index (χ1n) is 7.67. The molecule has 2 aliphatic carbocycles. The molecule has 0 spiro atoms. The van der Waals surface area contributed by atoms with Gasteiger partial charge in [0.15, 0.2) is 0 Å². The van der Waals surface area contributed by atoms with Crippen LogP contribution in [0.15, 0.2) is 0 Å². The van der Waals surface area contributed by atoms with Gasteiger partial charge in [0, 0.05) is 6.04 Å². The molecule has 0 aromatic rings. The maximum atomic E-state index is 12.0. The second-order valence-corrected chi connectivity index (χ2v) is 6.13. The maximum Gasteiger partial charge on any atom is 0.316 e. The van der Waals surface area contributed by atoms with Gasteiger partial charge in [0.2, 0.25) is 0 Å². The van der Waals surface area contributed by atoms with Crippen molar-refractivity contribution in [3.05, 3.63) is 0 Å². The van der Waals surface area contributed by atoms with Crippen LogP contribution in [0.1, 0.15) is 64.7 Å². The lowest BCUT2D eigenvalue weighted by Gasteiger charge is -2.35. The predicted molar refractivity (Wildman–Crippen MR) is 74.5 cm³/mol. The number of nitrogens with zero attached hydrogens (tertiary/aromatic N) is 1. The Morgan fingerprint density at radius 1 is 1.26 bits per heavy atom. The van der Waals surface area contributed by atoms with Crippen LogP contribution in [-0.4, -0.2) is 17.6 Å². The van der Waals surface area contributed by atoms with Gasteiger partial charge in [0.05, 0.1) is 6.07 Å². The Balaban J connectivity index is 1.84. The van der Waals surface area contributed by atoms with Crippen LogP contribution in [0.3, 0.4) is 0 Å². The second kappa shape index (κ2) is 6.27. The van der Waals surface area contributed by atoms with Gasteiger partial charge in [-0.15, -0.1) is 0 Å². The molecule has 19 heavy (non-hydrogen) atoms. The summed E-state index contributed by atoms with van der Waals surface area (Å²) in [7, 11) is 0. The third-order valence-electron chi connectivity index (χ3n) is 4.79. The van der Waals surface area contributed by atoms with Crippen LogP contribution in [0.5, 0.6) is 0 Å². The van der Waals surface area contributed by atoms with Crippen molar-refractivity contribution >= 4 is 6.03 Å². The summed E-state index contributed by atoms with van der Waals surface area (Å²) in [4.78, 5) is 12.0. The van der Waals surface area contributed by atoms with Crippen molar-refractivity contribution in [3.63, 3.8) is 0 Å². The number of carbonyl (C=O) groups excluding carboxylic acids is 1. The number of rotatable bonds is 3. The lowest BCUT2D eigenvalue weighted by molar-refractivity contribution is 0.205. The first kappa shape index (κ1) is 14.2. The fraction of sp³-hybridized carbons (Fsp3) is 0.867. The number of hydrogen-bond donors (Lipinski definition) is 2. The molecule has 2 fully saturated rings. The average molecular weight is 263 g/mol. The highest BCUT2D eigenvalue weighted by molar-refractivity contribution is 5.75. The highest BCUT2D eigenvalue weighted by atomic mass is 16.2. The minimum Gasteiger partial charge on any atom is -0.335 e. The lowest BCUT2D eigenvalue weighted by Crippen LogP contribution is -2.54. The number of amides is 2. The molecule has 0 atom stereocenters. The molecule has 0 unspecified atom stereocenters. The van der Waals surface area contributed by atoms with Crippen molar-refractivity contribution in [2.75, 3.05) is 0 Å². The van der Waals surface area contributed by atoms with Crippen LogP contribution in [0.4, 0.5) is 4.79 Å². The van der Waals surface area contributed by atoms with E-state index < -0.39 is 5.54 Å². The van der Waals surface area contributed by atoms with E-state index in [0.717, 1.165) is 44.4 Å². The highest BCUT2D eigenvalue weighted by Crippen LogP contribution is 2.33. The van der Waals surface area contributed by atoms with Crippen LogP contribution in [0.2, 0.25) is 0 Å². The monoisotopic (exact) mass is 263 g/mol. The summed E-state index contributed by atoms with van der Waals surface area (Å²) < 4.78 is 0. The van der Waals surface area contributed by atoms with Crippen molar-refractivity contribution in [3.8, 4) is 6.07 Å². The molecular weight excluding hydrogens is 238 g/mol. The SMILES string of the molecule is CCC1CCC(C#N)(NC(=O)NC2CCCC2)CC1. The van der Waals surface area contributed by atoms with E-state index in [0.29, 0.717) is 6.04 Å². The molecule has 0 aromatic heterocycles. The predicted octanol–water partition coefficient (Wildman–Crippen LogP) is 3.09. The molecule has 0 aliphatic heterocycles. The summed E-state index contributed by atoms with van der Waals surface area (Å²) in [6.07, 6.45) is 9.41. The third kappa shape index (κ3) is 3.62. The Kier molecular flexibility index (Phi) is 4.68. The van der Waals surface area contributed by atoms with Crippen molar-refractivity contribution in [2.24, 2.45) is 5.92 Å². The molecule has 0 heterocycles. The molecular formula is C15H25N3O. The molecule has 2 aliphatic rings. The van der Waals surface area contributed by atoms with Crippen molar-refractivity contribution in [2.45, 2.75) is 76.3 Å². The summed E-state index contributed by atoms with van der Waals surface area (Å²) in [5, 5.41) is 15.4. The first-order valence-corrected chi connectivity index (χ1v) is 7.67. The first-order chi connectivity index (χ1) is 9.17. The van der Waals surface area contributed by atoms with Gasteiger partial charge in [-0.05, 0) is 44.4 Å². The van der Waals surface area contributed by atoms with Crippen molar-refractivity contribution < 1.29 is 4.79 Å². The van der Waals surface area contributed by atoms with E-state index in [1.165, 1.54) is 19.3 Å². The van der Waals surface area contributed by atoms with Gasteiger partial charge in [0.25, 0.3) is 0 Å². The topological polar surface area (TPSA) is 64.9 Å². The van der Waals surface area contributed by atoms with E-state index in [1.807, 2.05) is 0 Å². The molecule has 4 heteroatoms. The smallest absolute Gasteiger partial charge is 0.316 e. The molecule has 2 N–H and O–H groups in total. The van der Waals surface area contributed by atoms with E-state index in [9.17, 15) is 10.1 Å². The molecule has 2 rings (SSSR count). The van der Waals surface area contributed by atoms with Crippen LogP contribution in [-0.2, 0) is 0 Å². The summed E-state index contributed by atoms with van der Waals surface area (Å²) in [5.41, 5.74) is -0.631. The maximum absolute atomic E-state index is 12.0. The van der Waals surface area contributed by atoms with Gasteiger partial charge in [0.1, 0.15) is 5.54 Å². The van der Waals surface area contributed by atoms with E-state index in [4.69, 9.17) is 0 Å². The Morgan fingerprint density at radius 3 is 2.42 bits per heavy atom. The average Bonchev–Trinajstić information content (AvgIpc) is 2.92. The normalized spacial score (nSPS) is 31.7. The molecule has 106 valence electrons. The third-order valence-corrected chi connectivity index (χ3v) is 4.79. The molecule has 0 aromatic carbocycles. The zero-order chi connectivity index (χ0) is 13.7. The fourth-order valence-corrected chi connectivity index (χ4v) is 3.35. The number of carbonyl (C=O) groups is 1. The molecule has 0 bridgehead atoms. The number of urea groups is 1. The van der Waals surface area contributed by atoms with Crippen LogP contribution in [0.25, 0.3) is 0 Å². The lowest BCUT2D eigenvalue weighted by atomic mass is 9.76. The zero-order valence-electron chi connectivity index (χ0n) is 11.9. The summed E-state index contributed by atoms with van der Waals surface area (Å²) in [6.45, 7) is 2.20. The second-order valence-electron chi connectivity index (χ2n) is 6.13. The van der Waals surface area contributed by atoms with Gasteiger partial charge >= 0.3 is 6.03 Å². The summed E-state index contributed by atoms with van der Waals surface area (Å²) in [6, 6.07) is 2.50. The van der Waals surface area contributed by atoms with Crippen LogP contribution in [0, 0.1) is 17.2 Å². The van der Waals surface area contributed by atoms with Crippen molar-refractivity contribution in [1.82, 2.24) is 10.6 Å². The van der Waals surface area contributed by atoms with Gasteiger partial charge in [-0.2, -0.15) is 5.26 Å². The molecule has 4 nitrogen and oxygen atoms in total. The molecule has 0 radical (unpaired) electrons. The van der Waals surface area contributed by atoms with E-state index in [-0.39, 0.29) is 6.03 Å². The number of nitrogens with one attached hydrogen (secondary N) is 2. The minimum atomic E-state index is -0.631. The molecule has 0 saturated heterocycles. The van der Waals surface area contributed by atoms with E-state index in [1.54, 1.807) is 0 Å². The van der Waals surface area contributed by atoms with Crippen LogP contribution < -0.4 is 10.6 Å². The van der Waals surface area contributed by atoms with E-state index in [2.05, 4.69) is 23.6 Å². The number of nitriles is 1. The van der Waals surface area contributed by atoms with Crippen LogP contribution >= 0.6 is 0 Å². The standard InChI is InChI=1S/C15H25N3O/c1-2-12-7-9-15(11-16,10-8-12)18-14(19)17-13-5-3-4-6-13/h12-13H,2-10H2,1H3,(H2,17,18,19). The van der Waals surface area contributed by atoms with Crippen molar-refractivity contribution in [1.29, 1.82) is 5.26 Å². The highest BCUT2D eigenvalue weighted by Gasteiger charge is 2.36. The summed E-state index contributed by atoms with van der Waals surface area (Å²) in [5.74, 6) is 0.723. The van der Waals surface area contributed by atoms with E-state index >= 15 is 0 Å². The van der Waals surface area contributed by atoms with Gasteiger partial charge in [-0.25, -0.2) is 4.79 Å². The Labute approximate surface area is 115 Å². The molecule has 2 amide bonds. The Morgan fingerprint density at radius 2 is 1.89 bits per heavy atom. The Hall–Kier alpha value is -1.24. The molecule has 2 saturated carbocycles.